The molecule has 0 aliphatic heterocycles. The first-order valence-corrected chi connectivity index (χ1v) is 6.32. The Labute approximate surface area is 124 Å². The standard InChI is InChI=1S/C13H12ClF2N3O2/c1-7-10(14)11(18-19(7)2)12(20)17-8-5-3-4-6-9(8)21-13(15)16/h3-6,13H,1-2H3,(H,17,20). The van der Waals surface area contributed by atoms with E-state index in [-0.39, 0.29) is 22.2 Å². The third-order valence-electron chi connectivity index (χ3n) is 2.83. The number of hydrogen-bond donors (Lipinski definition) is 1. The summed E-state index contributed by atoms with van der Waals surface area (Å²) in [6.45, 7) is -1.27. The number of aryl methyl sites for hydroxylation is 1. The van der Waals surface area contributed by atoms with Crippen molar-refractivity contribution in [2.75, 3.05) is 5.32 Å². The minimum absolute atomic E-state index is 0.0171. The highest BCUT2D eigenvalue weighted by Gasteiger charge is 2.20. The van der Waals surface area contributed by atoms with Crippen molar-refractivity contribution in [1.82, 2.24) is 9.78 Å². The fourth-order valence-electron chi connectivity index (χ4n) is 1.68. The fraction of sp³-hybridized carbons (Fsp3) is 0.231. The molecule has 1 heterocycles. The number of carbonyl (C=O) groups excluding carboxylic acids is 1. The average Bonchev–Trinajstić information content (AvgIpc) is 2.68. The van der Waals surface area contributed by atoms with Crippen LogP contribution in [0.3, 0.4) is 0 Å². The summed E-state index contributed by atoms with van der Waals surface area (Å²) >= 11 is 6.00. The van der Waals surface area contributed by atoms with Crippen molar-refractivity contribution < 1.29 is 18.3 Å². The van der Waals surface area contributed by atoms with Gasteiger partial charge < -0.3 is 10.1 Å². The maximum absolute atomic E-state index is 12.3. The van der Waals surface area contributed by atoms with Crippen molar-refractivity contribution in [2.45, 2.75) is 13.5 Å². The topological polar surface area (TPSA) is 56.1 Å². The van der Waals surface area contributed by atoms with Crippen LogP contribution in [-0.2, 0) is 7.05 Å². The van der Waals surface area contributed by atoms with Gasteiger partial charge in [0.2, 0.25) is 0 Å². The van der Waals surface area contributed by atoms with E-state index in [1.807, 2.05) is 0 Å². The first-order valence-electron chi connectivity index (χ1n) is 5.94. The normalized spacial score (nSPS) is 10.8. The summed E-state index contributed by atoms with van der Waals surface area (Å²) in [6, 6.07) is 5.87. The Morgan fingerprint density at radius 1 is 1.43 bits per heavy atom. The Kier molecular flexibility index (Phi) is 4.42. The predicted molar refractivity (Wildman–Crippen MR) is 74.0 cm³/mol. The number of rotatable bonds is 4. The minimum Gasteiger partial charge on any atom is -0.433 e. The van der Waals surface area contributed by atoms with E-state index in [1.54, 1.807) is 20.0 Å². The molecule has 0 aliphatic carbocycles. The summed E-state index contributed by atoms with van der Waals surface area (Å²) in [4.78, 5) is 12.1. The lowest BCUT2D eigenvalue weighted by atomic mass is 10.2. The van der Waals surface area contributed by atoms with E-state index in [0.29, 0.717) is 5.69 Å². The molecule has 1 aromatic carbocycles. The highest BCUT2D eigenvalue weighted by atomic mass is 35.5. The second-order valence-corrected chi connectivity index (χ2v) is 4.58. The van der Waals surface area contributed by atoms with Gasteiger partial charge in [-0.1, -0.05) is 23.7 Å². The van der Waals surface area contributed by atoms with Crippen molar-refractivity contribution >= 4 is 23.2 Å². The lowest BCUT2D eigenvalue weighted by molar-refractivity contribution is -0.0493. The molecule has 1 aromatic heterocycles. The largest absolute Gasteiger partial charge is 0.433 e. The summed E-state index contributed by atoms with van der Waals surface area (Å²) in [7, 11) is 1.64. The molecular formula is C13H12ClF2N3O2. The SMILES string of the molecule is Cc1c(Cl)c(C(=O)Nc2ccccc2OC(F)F)nn1C. The third kappa shape index (κ3) is 3.30. The molecule has 5 nitrogen and oxygen atoms in total. The van der Waals surface area contributed by atoms with Crippen LogP contribution in [0.5, 0.6) is 5.75 Å². The van der Waals surface area contributed by atoms with Crippen LogP contribution >= 0.6 is 11.6 Å². The molecular weight excluding hydrogens is 304 g/mol. The number of para-hydroxylation sites is 2. The number of nitrogens with zero attached hydrogens (tertiary/aromatic N) is 2. The van der Waals surface area contributed by atoms with Crippen LogP contribution in [-0.4, -0.2) is 22.3 Å². The quantitative estimate of drug-likeness (QED) is 0.942. The second-order valence-electron chi connectivity index (χ2n) is 4.20. The maximum atomic E-state index is 12.3. The van der Waals surface area contributed by atoms with Crippen molar-refractivity contribution in [3.8, 4) is 5.75 Å². The monoisotopic (exact) mass is 315 g/mol. The Morgan fingerprint density at radius 2 is 2.10 bits per heavy atom. The number of nitrogens with one attached hydrogen (secondary N) is 1. The van der Waals surface area contributed by atoms with E-state index in [2.05, 4.69) is 15.2 Å². The fourth-order valence-corrected chi connectivity index (χ4v) is 1.92. The van der Waals surface area contributed by atoms with Gasteiger partial charge in [-0.3, -0.25) is 9.48 Å². The summed E-state index contributed by atoms with van der Waals surface area (Å²) in [6.07, 6.45) is 0. The Hall–Kier alpha value is -2.15. The van der Waals surface area contributed by atoms with Gasteiger partial charge in [0.25, 0.3) is 5.91 Å². The molecule has 0 saturated carbocycles. The molecule has 2 aromatic rings. The van der Waals surface area contributed by atoms with Gasteiger partial charge in [-0.05, 0) is 19.1 Å². The number of anilines is 1. The molecule has 0 bridgehead atoms. The number of aromatic nitrogens is 2. The van der Waals surface area contributed by atoms with Crippen LogP contribution < -0.4 is 10.1 Å². The molecule has 8 heteroatoms. The molecule has 112 valence electrons. The van der Waals surface area contributed by atoms with E-state index in [1.165, 1.54) is 22.9 Å². The highest BCUT2D eigenvalue weighted by Crippen LogP contribution is 2.27. The van der Waals surface area contributed by atoms with Crippen LogP contribution in [0.15, 0.2) is 24.3 Å². The van der Waals surface area contributed by atoms with Crippen LogP contribution in [0.2, 0.25) is 5.02 Å². The minimum atomic E-state index is -2.98. The average molecular weight is 316 g/mol. The van der Waals surface area contributed by atoms with Gasteiger partial charge in [-0.15, -0.1) is 0 Å². The number of halogens is 3. The predicted octanol–water partition coefficient (Wildman–Crippen LogP) is 3.24. The molecule has 0 saturated heterocycles. The molecule has 21 heavy (non-hydrogen) atoms. The number of amides is 1. The molecule has 0 atom stereocenters. The number of alkyl halides is 2. The highest BCUT2D eigenvalue weighted by molar-refractivity contribution is 6.34. The van der Waals surface area contributed by atoms with Crippen molar-refractivity contribution in [1.29, 1.82) is 0 Å². The van der Waals surface area contributed by atoms with Gasteiger partial charge in [0.05, 0.1) is 16.4 Å². The zero-order chi connectivity index (χ0) is 15.6. The molecule has 0 aliphatic rings. The summed E-state index contributed by atoms with van der Waals surface area (Å²) in [5.74, 6) is -0.737. The van der Waals surface area contributed by atoms with E-state index >= 15 is 0 Å². The van der Waals surface area contributed by atoms with E-state index in [9.17, 15) is 13.6 Å². The van der Waals surface area contributed by atoms with Crippen LogP contribution in [0.1, 0.15) is 16.2 Å². The molecule has 1 N–H and O–H groups in total. The lowest BCUT2D eigenvalue weighted by Gasteiger charge is -2.10. The van der Waals surface area contributed by atoms with Gasteiger partial charge in [-0.25, -0.2) is 0 Å². The summed E-state index contributed by atoms with van der Waals surface area (Å²) in [5, 5.41) is 6.65. The molecule has 0 radical (unpaired) electrons. The zero-order valence-corrected chi connectivity index (χ0v) is 12.0. The molecule has 0 fully saturated rings. The van der Waals surface area contributed by atoms with E-state index in [0.717, 1.165) is 0 Å². The lowest BCUT2D eigenvalue weighted by Crippen LogP contribution is -2.15. The van der Waals surface area contributed by atoms with Gasteiger partial charge in [0.15, 0.2) is 5.69 Å². The van der Waals surface area contributed by atoms with Crippen molar-refractivity contribution in [3.05, 3.63) is 40.7 Å². The summed E-state index contributed by atoms with van der Waals surface area (Å²) in [5.41, 5.74) is 0.754. The molecule has 2 rings (SSSR count). The number of hydrogen-bond acceptors (Lipinski definition) is 3. The van der Waals surface area contributed by atoms with Crippen LogP contribution in [0.25, 0.3) is 0 Å². The van der Waals surface area contributed by atoms with E-state index < -0.39 is 12.5 Å². The zero-order valence-electron chi connectivity index (χ0n) is 11.2. The number of carbonyl (C=O) groups is 1. The second kappa shape index (κ2) is 6.09. The molecule has 0 spiro atoms. The molecule has 0 unspecified atom stereocenters. The maximum Gasteiger partial charge on any atom is 0.387 e. The van der Waals surface area contributed by atoms with Crippen molar-refractivity contribution in [3.63, 3.8) is 0 Å². The van der Waals surface area contributed by atoms with Gasteiger partial charge in [-0.2, -0.15) is 13.9 Å². The summed E-state index contributed by atoms with van der Waals surface area (Å²) < 4.78 is 30.4. The molecule has 1 amide bonds. The first-order chi connectivity index (χ1) is 9.90. The van der Waals surface area contributed by atoms with Gasteiger partial charge in [0, 0.05) is 7.05 Å². The smallest absolute Gasteiger partial charge is 0.387 e. The van der Waals surface area contributed by atoms with Gasteiger partial charge >= 0.3 is 6.61 Å². The van der Waals surface area contributed by atoms with Gasteiger partial charge in [0.1, 0.15) is 5.75 Å². The Bertz CT molecular complexity index is 673. The van der Waals surface area contributed by atoms with E-state index in [4.69, 9.17) is 11.6 Å². The number of benzene rings is 1. The third-order valence-corrected chi connectivity index (χ3v) is 3.28. The Morgan fingerprint density at radius 3 is 2.67 bits per heavy atom. The Balaban J connectivity index is 2.25. The first kappa shape index (κ1) is 15.2. The van der Waals surface area contributed by atoms with Crippen molar-refractivity contribution in [2.24, 2.45) is 7.05 Å². The number of ether oxygens (including phenoxy) is 1. The van der Waals surface area contributed by atoms with Crippen LogP contribution in [0.4, 0.5) is 14.5 Å². The van der Waals surface area contributed by atoms with Crippen LogP contribution in [0, 0.1) is 6.92 Å².